The molecule has 2 aromatic rings. The van der Waals surface area contributed by atoms with E-state index in [0.29, 0.717) is 55.3 Å². The van der Waals surface area contributed by atoms with E-state index in [0.717, 1.165) is 24.8 Å². The Labute approximate surface area is 233 Å². The number of nitrogens with one attached hydrogen (secondary N) is 3. The van der Waals surface area contributed by atoms with Crippen molar-refractivity contribution >= 4 is 27.3 Å². The van der Waals surface area contributed by atoms with Crippen LogP contribution in [0.1, 0.15) is 68.8 Å². The standard InChI is InChI=1S/C30H44N4O4S/c1-4-31-25-18-24(19-26(20-25)34-15-8-9-16-39(34,37)38)29(36)33-27(17-23-11-6-5-7-12-23)28(35)21-32-30(22(2)3)13-10-14-30/h5-7,11-12,18-20,22,27-28,31-32,35H,4,8-10,13-17,21H2,1-3H3,(H,33,36)/t27-,28+/m0/s1. The minimum Gasteiger partial charge on any atom is -0.390 e. The molecule has 0 radical (unpaired) electrons. The Morgan fingerprint density at radius 1 is 1.08 bits per heavy atom. The number of hydrogen-bond acceptors (Lipinski definition) is 6. The Balaban J connectivity index is 1.57. The number of rotatable bonds is 12. The molecule has 1 amide bonds. The zero-order valence-corrected chi connectivity index (χ0v) is 24.3. The van der Waals surface area contributed by atoms with Crippen LogP contribution in [0.15, 0.2) is 48.5 Å². The molecular weight excluding hydrogens is 512 g/mol. The number of amides is 1. The lowest BCUT2D eigenvalue weighted by Gasteiger charge is -2.47. The summed E-state index contributed by atoms with van der Waals surface area (Å²) in [5.74, 6) is 0.224. The van der Waals surface area contributed by atoms with E-state index in [-0.39, 0.29) is 17.2 Å². The summed E-state index contributed by atoms with van der Waals surface area (Å²) >= 11 is 0. The number of benzene rings is 2. The van der Waals surface area contributed by atoms with Crippen LogP contribution < -0.4 is 20.3 Å². The van der Waals surface area contributed by atoms with Crippen molar-refractivity contribution in [3.05, 3.63) is 59.7 Å². The molecule has 2 fully saturated rings. The molecule has 9 heteroatoms. The second kappa shape index (κ2) is 12.7. The Morgan fingerprint density at radius 3 is 2.44 bits per heavy atom. The second-order valence-electron chi connectivity index (χ2n) is 11.3. The van der Waals surface area contributed by atoms with Crippen LogP contribution in [0.4, 0.5) is 11.4 Å². The van der Waals surface area contributed by atoms with E-state index in [1.807, 2.05) is 37.3 Å². The van der Waals surface area contributed by atoms with Crippen molar-refractivity contribution in [3.8, 4) is 0 Å². The first kappa shape index (κ1) is 29.4. The normalized spacial score (nSPS) is 19.7. The molecule has 2 aromatic carbocycles. The molecule has 0 bridgehead atoms. The number of carbonyl (C=O) groups is 1. The number of anilines is 2. The highest BCUT2D eigenvalue weighted by molar-refractivity contribution is 7.92. The maximum atomic E-state index is 13.6. The topological polar surface area (TPSA) is 111 Å². The number of aliphatic hydroxyl groups is 1. The molecule has 1 aliphatic heterocycles. The minimum absolute atomic E-state index is 0.0390. The maximum Gasteiger partial charge on any atom is 0.251 e. The molecule has 4 rings (SSSR count). The van der Waals surface area contributed by atoms with E-state index in [1.165, 1.54) is 10.7 Å². The fourth-order valence-corrected chi connectivity index (χ4v) is 7.26. The van der Waals surface area contributed by atoms with Gasteiger partial charge in [0.05, 0.1) is 23.6 Å². The van der Waals surface area contributed by atoms with Gasteiger partial charge in [-0.1, -0.05) is 44.2 Å². The van der Waals surface area contributed by atoms with Crippen molar-refractivity contribution in [2.75, 3.05) is 35.0 Å². The summed E-state index contributed by atoms with van der Waals surface area (Å²) in [4.78, 5) is 13.6. The van der Waals surface area contributed by atoms with Gasteiger partial charge in [-0.05, 0) is 75.1 Å². The molecule has 1 aliphatic carbocycles. The molecule has 8 nitrogen and oxygen atoms in total. The molecule has 214 valence electrons. The minimum atomic E-state index is -3.43. The average molecular weight is 557 g/mol. The molecule has 1 heterocycles. The molecule has 1 saturated carbocycles. The molecule has 4 N–H and O–H groups in total. The first-order valence-corrected chi connectivity index (χ1v) is 15.9. The van der Waals surface area contributed by atoms with Crippen LogP contribution in [0, 0.1) is 5.92 Å². The SMILES string of the molecule is CCNc1cc(C(=O)N[C@@H](Cc2ccccc2)[C@H](O)CNC2(C(C)C)CCC2)cc(N2CCCCS2(=O)=O)c1. The van der Waals surface area contributed by atoms with E-state index in [9.17, 15) is 18.3 Å². The highest BCUT2D eigenvalue weighted by atomic mass is 32.2. The fraction of sp³-hybridized carbons (Fsp3) is 0.567. The summed E-state index contributed by atoms with van der Waals surface area (Å²) in [6.07, 6.45) is 4.46. The highest BCUT2D eigenvalue weighted by Crippen LogP contribution is 2.38. The van der Waals surface area contributed by atoms with Crippen molar-refractivity contribution in [3.63, 3.8) is 0 Å². The Hall–Kier alpha value is -2.62. The number of hydrogen-bond donors (Lipinski definition) is 4. The summed E-state index contributed by atoms with van der Waals surface area (Å²) < 4.78 is 27.0. The van der Waals surface area contributed by atoms with Crippen molar-refractivity contribution in [2.45, 2.75) is 77.0 Å². The molecular formula is C30H44N4O4S. The Morgan fingerprint density at radius 2 is 1.82 bits per heavy atom. The predicted molar refractivity (Wildman–Crippen MR) is 158 cm³/mol. The number of nitrogens with zero attached hydrogens (tertiary/aromatic N) is 1. The van der Waals surface area contributed by atoms with Gasteiger partial charge in [0.1, 0.15) is 0 Å². The van der Waals surface area contributed by atoms with Crippen LogP contribution in [0.5, 0.6) is 0 Å². The van der Waals surface area contributed by atoms with Gasteiger partial charge < -0.3 is 21.1 Å². The van der Waals surface area contributed by atoms with Gasteiger partial charge in [0.15, 0.2) is 0 Å². The summed E-state index contributed by atoms with van der Waals surface area (Å²) in [6.45, 7) is 7.78. The van der Waals surface area contributed by atoms with E-state index >= 15 is 0 Å². The predicted octanol–water partition coefficient (Wildman–Crippen LogP) is 3.92. The number of aliphatic hydroxyl groups excluding tert-OH is 1. The quantitative estimate of drug-likeness (QED) is 0.316. The molecule has 0 aromatic heterocycles. The van der Waals surface area contributed by atoms with E-state index in [1.54, 1.807) is 18.2 Å². The third-order valence-corrected chi connectivity index (χ3v) is 10.2. The number of β-amino-alcohol motifs (C(OH)–C–C–N with tert-alkyl or cyclic N) is 1. The third kappa shape index (κ3) is 7.13. The number of sulfonamides is 1. The lowest BCUT2D eigenvalue weighted by molar-refractivity contribution is 0.0654. The van der Waals surface area contributed by atoms with Crippen LogP contribution in [-0.4, -0.2) is 62.5 Å². The van der Waals surface area contributed by atoms with E-state index in [2.05, 4.69) is 29.8 Å². The maximum absolute atomic E-state index is 13.6. The van der Waals surface area contributed by atoms with Crippen LogP contribution >= 0.6 is 0 Å². The van der Waals surface area contributed by atoms with Crippen LogP contribution in [-0.2, 0) is 16.4 Å². The van der Waals surface area contributed by atoms with Gasteiger partial charge in [0.2, 0.25) is 10.0 Å². The zero-order chi connectivity index (χ0) is 28.0. The zero-order valence-electron chi connectivity index (χ0n) is 23.4. The van der Waals surface area contributed by atoms with E-state index < -0.39 is 22.2 Å². The molecule has 2 aliphatic rings. The molecule has 0 spiro atoms. The molecule has 1 saturated heterocycles. The molecule has 39 heavy (non-hydrogen) atoms. The van der Waals surface area contributed by atoms with Crippen molar-refractivity contribution in [1.82, 2.24) is 10.6 Å². The van der Waals surface area contributed by atoms with Crippen molar-refractivity contribution in [2.24, 2.45) is 5.92 Å². The van der Waals surface area contributed by atoms with Gasteiger partial charge in [0, 0.05) is 36.4 Å². The lowest BCUT2D eigenvalue weighted by Crippen LogP contribution is -2.59. The largest absolute Gasteiger partial charge is 0.390 e. The first-order valence-electron chi connectivity index (χ1n) is 14.3. The average Bonchev–Trinajstić information content (AvgIpc) is 2.87. The molecule has 0 unspecified atom stereocenters. The Kier molecular flexibility index (Phi) is 9.56. The molecule has 2 atom stereocenters. The summed E-state index contributed by atoms with van der Waals surface area (Å²) in [5.41, 5.74) is 2.60. The third-order valence-electron chi connectivity index (χ3n) is 8.29. The highest BCUT2D eigenvalue weighted by Gasteiger charge is 2.40. The van der Waals surface area contributed by atoms with Crippen LogP contribution in [0.3, 0.4) is 0 Å². The number of carbonyl (C=O) groups excluding carboxylic acids is 1. The van der Waals surface area contributed by atoms with Gasteiger partial charge in [0.25, 0.3) is 5.91 Å². The van der Waals surface area contributed by atoms with Crippen molar-refractivity contribution in [1.29, 1.82) is 0 Å². The first-order chi connectivity index (χ1) is 18.6. The van der Waals surface area contributed by atoms with Crippen molar-refractivity contribution < 1.29 is 18.3 Å². The second-order valence-corrected chi connectivity index (χ2v) is 13.3. The van der Waals surface area contributed by atoms with Gasteiger partial charge >= 0.3 is 0 Å². The summed E-state index contributed by atoms with van der Waals surface area (Å²) in [5, 5.41) is 21.2. The van der Waals surface area contributed by atoms with Crippen LogP contribution in [0.2, 0.25) is 0 Å². The van der Waals surface area contributed by atoms with Crippen LogP contribution in [0.25, 0.3) is 0 Å². The van der Waals surface area contributed by atoms with Gasteiger partial charge in [-0.2, -0.15) is 0 Å². The summed E-state index contributed by atoms with van der Waals surface area (Å²) in [6, 6.07) is 14.5. The Bertz CT molecular complexity index is 1210. The van der Waals surface area contributed by atoms with Gasteiger partial charge in [-0.15, -0.1) is 0 Å². The smallest absolute Gasteiger partial charge is 0.251 e. The summed E-state index contributed by atoms with van der Waals surface area (Å²) in [7, 11) is -3.43. The van der Waals surface area contributed by atoms with Gasteiger partial charge in [-0.3, -0.25) is 9.10 Å². The lowest BCUT2D eigenvalue weighted by atomic mass is 9.69. The van der Waals surface area contributed by atoms with E-state index in [4.69, 9.17) is 0 Å². The monoisotopic (exact) mass is 556 g/mol. The van der Waals surface area contributed by atoms with Gasteiger partial charge in [-0.25, -0.2) is 8.42 Å². The fourth-order valence-electron chi connectivity index (χ4n) is 5.64.